The summed E-state index contributed by atoms with van der Waals surface area (Å²) in [6.07, 6.45) is 4.48. The second-order valence-corrected chi connectivity index (χ2v) is 10.9. The molecule has 1 N–H and O–H groups in total. The number of ether oxygens (including phenoxy) is 1. The Balaban J connectivity index is 1.36. The molecule has 3 aromatic carbocycles. The number of piperidine rings is 1. The van der Waals surface area contributed by atoms with Gasteiger partial charge in [-0.2, -0.15) is 0 Å². The second-order valence-electron chi connectivity index (χ2n) is 10.0. The Kier molecular flexibility index (Phi) is 5.74. The van der Waals surface area contributed by atoms with Gasteiger partial charge in [-0.15, -0.1) is 0 Å². The van der Waals surface area contributed by atoms with Crippen LogP contribution in [0.4, 0.5) is 0 Å². The molecular weight excluding hydrogens is 484 g/mol. The number of H-pyrrole nitrogens is 1. The number of nitrogens with one attached hydrogen (secondary N) is 1. The summed E-state index contributed by atoms with van der Waals surface area (Å²) in [6.45, 7) is 3.41. The Morgan fingerprint density at radius 3 is 2.79 bits per heavy atom. The highest BCUT2D eigenvalue weighted by Gasteiger charge is 2.48. The number of benzene rings is 3. The molecule has 2 aliphatic rings. The number of halogens is 1. The molecule has 1 aliphatic heterocycles. The lowest BCUT2D eigenvalue weighted by molar-refractivity contribution is 0.0822. The lowest BCUT2D eigenvalue weighted by Crippen LogP contribution is -2.54. The molecule has 1 saturated heterocycles. The van der Waals surface area contributed by atoms with Crippen molar-refractivity contribution < 1.29 is 4.74 Å². The summed E-state index contributed by atoms with van der Waals surface area (Å²) in [5.41, 5.74) is 7.20. The number of likely N-dealkylation sites (tertiary alicyclic amines) is 1. The van der Waals surface area contributed by atoms with Crippen LogP contribution in [0, 0.1) is 5.92 Å². The third-order valence-corrected chi connectivity index (χ3v) is 8.73. The third kappa shape index (κ3) is 3.87. The van der Waals surface area contributed by atoms with Crippen LogP contribution >= 0.6 is 15.9 Å². The average Bonchev–Trinajstić information content (AvgIpc) is 3.22. The van der Waals surface area contributed by atoms with Gasteiger partial charge in [0.1, 0.15) is 5.75 Å². The van der Waals surface area contributed by atoms with E-state index in [0.717, 1.165) is 49.1 Å². The Morgan fingerprint density at radius 1 is 1.06 bits per heavy atom. The van der Waals surface area contributed by atoms with Crippen molar-refractivity contribution in [1.29, 1.82) is 0 Å². The Morgan fingerprint density at radius 2 is 1.94 bits per heavy atom. The highest BCUT2D eigenvalue weighted by atomic mass is 79.9. The van der Waals surface area contributed by atoms with E-state index in [4.69, 9.17) is 4.74 Å². The van der Waals surface area contributed by atoms with Crippen molar-refractivity contribution in [2.75, 3.05) is 26.7 Å². The van der Waals surface area contributed by atoms with Crippen LogP contribution in [0.25, 0.3) is 10.9 Å². The van der Waals surface area contributed by atoms with Gasteiger partial charge in [-0.25, -0.2) is 0 Å². The number of fused-ring (bicyclic) bond motifs is 4. The first-order valence-corrected chi connectivity index (χ1v) is 13.1. The van der Waals surface area contributed by atoms with E-state index in [1.807, 2.05) is 0 Å². The van der Waals surface area contributed by atoms with Gasteiger partial charge in [-0.1, -0.05) is 58.4 Å². The lowest BCUT2D eigenvalue weighted by Gasteiger charge is -2.51. The number of nitrogens with zero attached hydrogens (tertiary/aromatic N) is 1. The summed E-state index contributed by atoms with van der Waals surface area (Å²) < 4.78 is 6.79. The smallest absolute Gasteiger partial charge is 0.119 e. The maximum absolute atomic E-state index is 5.64. The molecule has 4 heteroatoms. The van der Waals surface area contributed by atoms with E-state index >= 15 is 0 Å². The van der Waals surface area contributed by atoms with Gasteiger partial charge in [0.2, 0.25) is 0 Å². The monoisotopic (exact) mass is 514 g/mol. The normalized spacial score (nSPS) is 22.4. The van der Waals surface area contributed by atoms with Gasteiger partial charge < -0.3 is 14.6 Å². The summed E-state index contributed by atoms with van der Waals surface area (Å²) in [4.78, 5) is 6.49. The Labute approximate surface area is 210 Å². The van der Waals surface area contributed by atoms with Gasteiger partial charge in [0.15, 0.2) is 0 Å². The third-order valence-electron chi connectivity index (χ3n) is 8.24. The van der Waals surface area contributed by atoms with E-state index in [1.54, 1.807) is 7.11 Å². The SMILES string of the molecule is COc1cccc([C@]23CCN(CCc4ccccc4)CC2Cc2c([nH]c4ccc(Br)cc24)C3)c1. The van der Waals surface area contributed by atoms with Crippen LogP contribution < -0.4 is 4.74 Å². The molecule has 2 heterocycles. The maximum atomic E-state index is 5.64. The highest BCUT2D eigenvalue weighted by molar-refractivity contribution is 9.10. The van der Waals surface area contributed by atoms with Crippen LogP contribution in [-0.4, -0.2) is 36.6 Å². The van der Waals surface area contributed by atoms with E-state index in [0.29, 0.717) is 5.92 Å². The van der Waals surface area contributed by atoms with Crippen LogP contribution in [0.2, 0.25) is 0 Å². The van der Waals surface area contributed by atoms with Gasteiger partial charge in [-0.3, -0.25) is 0 Å². The summed E-state index contributed by atoms with van der Waals surface area (Å²) >= 11 is 3.69. The first-order chi connectivity index (χ1) is 16.6. The van der Waals surface area contributed by atoms with E-state index in [9.17, 15) is 0 Å². The summed E-state index contributed by atoms with van der Waals surface area (Å²) in [6, 6.07) is 26.4. The van der Waals surface area contributed by atoms with Gasteiger partial charge in [-0.05, 0) is 85.2 Å². The topological polar surface area (TPSA) is 28.3 Å². The zero-order chi connectivity index (χ0) is 23.1. The van der Waals surface area contributed by atoms with Crippen molar-refractivity contribution in [3.63, 3.8) is 0 Å². The fraction of sp³-hybridized carbons (Fsp3) is 0.333. The Bertz CT molecular complexity index is 1310. The molecule has 3 nitrogen and oxygen atoms in total. The molecule has 1 aliphatic carbocycles. The van der Waals surface area contributed by atoms with Gasteiger partial charge in [0.25, 0.3) is 0 Å². The van der Waals surface area contributed by atoms with Gasteiger partial charge in [0, 0.05) is 39.6 Å². The molecule has 6 rings (SSSR count). The van der Waals surface area contributed by atoms with Crippen molar-refractivity contribution >= 4 is 26.8 Å². The van der Waals surface area contributed by atoms with Crippen molar-refractivity contribution in [3.8, 4) is 5.75 Å². The fourth-order valence-electron chi connectivity index (χ4n) is 6.40. The van der Waals surface area contributed by atoms with Crippen molar-refractivity contribution in [2.45, 2.75) is 31.1 Å². The summed E-state index contributed by atoms with van der Waals surface area (Å²) in [5, 5.41) is 1.38. The number of rotatable bonds is 5. The lowest BCUT2D eigenvalue weighted by atomic mass is 9.58. The Hall–Kier alpha value is -2.56. The highest BCUT2D eigenvalue weighted by Crippen LogP contribution is 2.49. The quantitative estimate of drug-likeness (QED) is 0.327. The van der Waals surface area contributed by atoms with Gasteiger partial charge >= 0.3 is 0 Å². The number of aromatic nitrogens is 1. The minimum absolute atomic E-state index is 0.142. The molecule has 4 aromatic rings. The van der Waals surface area contributed by atoms with Gasteiger partial charge in [0.05, 0.1) is 7.11 Å². The molecular formula is C30H31BrN2O. The van der Waals surface area contributed by atoms with E-state index in [2.05, 4.69) is 98.6 Å². The minimum Gasteiger partial charge on any atom is -0.497 e. The largest absolute Gasteiger partial charge is 0.497 e. The predicted molar refractivity (Wildman–Crippen MR) is 143 cm³/mol. The fourth-order valence-corrected chi connectivity index (χ4v) is 6.76. The first-order valence-electron chi connectivity index (χ1n) is 12.3. The molecule has 0 saturated carbocycles. The molecule has 1 aromatic heterocycles. The molecule has 0 radical (unpaired) electrons. The van der Waals surface area contributed by atoms with Crippen molar-refractivity contribution in [1.82, 2.24) is 9.88 Å². The van der Waals surface area contributed by atoms with Crippen LogP contribution in [0.1, 0.15) is 28.8 Å². The van der Waals surface area contributed by atoms with Crippen LogP contribution in [0.5, 0.6) is 5.75 Å². The van der Waals surface area contributed by atoms with Crippen molar-refractivity contribution in [2.24, 2.45) is 5.92 Å². The molecule has 0 bridgehead atoms. The van der Waals surface area contributed by atoms with E-state index in [1.165, 1.54) is 39.7 Å². The first kappa shape index (κ1) is 21.9. The number of hydrogen-bond acceptors (Lipinski definition) is 2. The summed E-state index contributed by atoms with van der Waals surface area (Å²) in [5.74, 6) is 1.54. The van der Waals surface area contributed by atoms with Crippen LogP contribution in [-0.2, 0) is 24.7 Å². The predicted octanol–water partition coefficient (Wildman–Crippen LogP) is 6.54. The number of aromatic amines is 1. The van der Waals surface area contributed by atoms with Crippen molar-refractivity contribution in [3.05, 3.63) is 99.7 Å². The standard InChI is InChI=1S/C30H31BrN2O/c1-34-25-9-5-8-22(16-25)30-13-15-33(14-12-21-6-3-2-4-7-21)20-23(30)17-26-27-18-24(31)10-11-28(27)32-29(26)19-30/h2-11,16,18,23,32H,12-15,17,19-20H2,1H3/t23?,30-/m1/s1. The van der Waals surface area contributed by atoms with E-state index < -0.39 is 0 Å². The number of methoxy groups -OCH3 is 1. The zero-order valence-corrected chi connectivity index (χ0v) is 21.3. The zero-order valence-electron chi connectivity index (χ0n) is 19.7. The van der Waals surface area contributed by atoms with Crippen LogP contribution in [0.15, 0.2) is 77.3 Å². The summed E-state index contributed by atoms with van der Waals surface area (Å²) in [7, 11) is 1.77. The number of hydrogen-bond donors (Lipinski definition) is 1. The van der Waals surface area contributed by atoms with Crippen LogP contribution in [0.3, 0.4) is 0 Å². The molecule has 34 heavy (non-hydrogen) atoms. The second kappa shape index (κ2) is 8.90. The molecule has 174 valence electrons. The molecule has 1 unspecified atom stereocenters. The van der Waals surface area contributed by atoms with E-state index in [-0.39, 0.29) is 5.41 Å². The molecule has 1 fully saturated rings. The molecule has 0 spiro atoms. The average molecular weight is 515 g/mol. The minimum atomic E-state index is 0.142. The molecule has 0 amide bonds. The maximum Gasteiger partial charge on any atom is 0.119 e. The molecule has 2 atom stereocenters.